The first kappa shape index (κ1) is 30.0. The Labute approximate surface area is 254 Å². The summed E-state index contributed by atoms with van der Waals surface area (Å²) in [7, 11) is 3.99. The quantitative estimate of drug-likeness (QED) is 0.232. The van der Waals surface area contributed by atoms with Crippen molar-refractivity contribution < 1.29 is 19.1 Å². The minimum absolute atomic E-state index is 0.0547. The van der Waals surface area contributed by atoms with Crippen molar-refractivity contribution in [3.8, 4) is 0 Å². The second-order valence-electron chi connectivity index (χ2n) is 12.0. The number of ether oxygens (including phenoxy) is 1. The molecular weight excluding hydrogens is 550 g/mol. The lowest BCUT2D eigenvalue weighted by atomic mass is 10.0. The number of amides is 2. The Morgan fingerprint density at radius 2 is 1.60 bits per heavy atom. The van der Waals surface area contributed by atoms with Gasteiger partial charge in [-0.25, -0.2) is 4.79 Å². The first-order chi connectivity index (χ1) is 20.1. The second kappa shape index (κ2) is 12.4. The molecule has 0 bridgehead atoms. The number of hydrogen-bond donors (Lipinski definition) is 0. The summed E-state index contributed by atoms with van der Waals surface area (Å²) in [5.41, 5.74) is 3.12. The van der Waals surface area contributed by atoms with E-state index >= 15 is 0 Å². The summed E-state index contributed by atoms with van der Waals surface area (Å²) in [6, 6.07) is 13.1. The van der Waals surface area contributed by atoms with Crippen LogP contribution in [-0.2, 0) is 16.1 Å². The highest BCUT2D eigenvalue weighted by Gasteiger charge is 2.49. The predicted octanol–water partition coefficient (Wildman–Crippen LogP) is 4.15. The molecule has 3 heterocycles. The number of rotatable bonds is 10. The number of carbonyl (C=O) groups is 3. The highest BCUT2D eigenvalue weighted by atomic mass is 32.1. The lowest BCUT2D eigenvalue weighted by molar-refractivity contribution is -0.123. The average Bonchev–Trinajstić information content (AvgIpc) is 3.43. The van der Waals surface area contributed by atoms with Crippen LogP contribution in [0.2, 0.25) is 0 Å². The van der Waals surface area contributed by atoms with Crippen molar-refractivity contribution in [3.63, 3.8) is 0 Å². The van der Waals surface area contributed by atoms with E-state index in [1.54, 1.807) is 17.0 Å². The normalized spacial score (nSPS) is 18.5. The first-order valence-corrected chi connectivity index (χ1v) is 15.2. The van der Waals surface area contributed by atoms with E-state index in [-0.39, 0.29) is 24.4 Å². The van der Waals surface area contributed by atoms with Gasteiger partial charge in [0.2, 0.25) is 0 Å². The molecule has 2 fully saturated rings. The van der Waals surface area contributed by atoms with Crippen molar-refractivity contribution in [1.29, 1.82) is 0 Å². The molecule has 2 aromatic carbocycles. The van der Waals surface area contributed by atoms with Crippen molar-refractivity contribution in [1.82, 2.24) is 14.7 Å². The van der Waals surface area contributed by atoms with Gasteiger partial charge in [0.05, 0.1) is 11.3 Å². The summed E-state index contributed by atoms with van der Waals surface area (Å²) >= 11 is 5.78. The van der Waals surface area contributed by atoms with E-state index in [2.05, 4.69) is 4.90 Å². The number of benzene rings is 2. The van der Waals surface area contributed by atoms with E-state index < -0.39 is 5.54 Å². The number of cyclic esters (lactones) is 1. The number of anilines is 2. The van der Waals surface area contributed by atoms with Gasteiger partial charge in [0, 0.05) is 63.6 Å². The molecule has 2 aromatic rings. The maximum absolute atomic E-state index is 13.4. The fourth-order valence-corrected chi connectivity index (χ4v) is 6.42. The third kappa shape index (κ3) is 6.01. The maximum atomic E-state index is 13.4. The fraction of sp³-hybridized carbons (Fsp3) is 0.500. The molecule has 0 radical (unpaired) electrons. The highest BCUT2D eigenvalue weighted by molar-refractivity contribution is 7.80. The van der Waals surface area contributed by atoms with Crippen LogP contribution in [0.4, 0.5) is 11.4 Å². The Morgan fingerprint density at radius 3 is 2.26 bits per heavy atom. The third-order valence-electron chi connectivity index (χ3n) is 8.65. The van der Waals surface area contributed by atoms with Crippen LogP contribution in [0.15, 0.2) is 42.5 Å². The van der Waals surface area contributed by atoms with E-state index in [1.807, 2.05) is 73.0 Å². The Kier molecular flexibility index (Phi) is 8.84. The molecule has 9 nitrogen and oxygen atoms in total. The zero-order valence-electron chi connectivity index (χ0n) is 25.1. The van der Waals surface area contributed by atoms with E-state index in [9.17, 15) is 14.4 Å². The number of piperazine rings is 1. The van der Waals surface area contributed by atoms with Crippen LogP contribution in [0, 0.1) is 0 Å². The smallest absolute Gasteiger partial charge is 0.338 e. The predicted molar refractivity (Wildman–Crippen MR) is 168 cm³/mol. The topological polar surface area (TPSA) is 76.6 Å². The van der Waals surface area contributed by atoms with E-state index in [4.69, 9.17) is 17.0 Å². The van der Waals surface area contributed by atoms with Crippen LogP contribution >= 0.6 is 12.2 Å². The van der Waals surface area contributed by atoms with Gasteiger partial charge in [-0.2, -0.15) is 0 Å². The Morgan fingerprint density at radius 1 is 0.929 bits per heavy atom. The lowest BCUT2D eigenvalue weighted by Crippen LogP contribution is -2.48. The number of carbonyl (C=O) groups excluding carboxylic acids is 3. The monoisotopic (exact) mass is 591 g/mol. The molecule has 224 valence electrons. The number of esters is 1. The van der Waals surface area contributed by atoms with Gasteiger partial charge in [0.15, 0.2) is 5.11 Å². The zero-order valence-corrected chi connectivity index (χ0v) is 25.9. The molecule has 2 amide bonds. The molecule has 10 heteroatoms. The summed E-state index contributed by atoms with van der Waals surface area (Å²) in [5.74, 6) is -0.269. The van der Waals surface area contributed by atoms with Crippen molar-refractivity contribution in [2.75, 3.05) is 63.2 Å². The summed E-state index contributed by atoms with van der Waals surface area (Å²) in [5, 5.41) is 0.510. The molecule has 5 rings (SSSR count). The summed E-state index contributed by atoms with van der Waals surface area (Å²) in [6.07, 6.45) is 4.22. The number of hydrogen-bond acceptors (Lipinski definition) is 7. The van der Waals surface area contributed by atoms with Gasteiger partial charge in [0.25, 0.3) is 11.8 Å². The molecule has 0 spiro atoms. The van der Waals surface area contributed by atoms with E-state index in [1.165, 1.54) is 0 Å². The van der Waals surface area contributed by atoms with Crippen LogP contribution in [0.3, 0.4) is 0 Å². The van der Waals surface area contributed by atoms with Gasteiger partial charge in [0.1, 0.15) is 12.1 Å². The minimum atomic E-state index is -0.728. The highest BCUT2D eigenvalue weighted by Crippen LogP contribution is 2.34. The summed E-state index contributed by atoms with van der Waals surface area (Å²) in [4.78, 5) is 48.2. The molecule has 3 aliphatic rings. The maximum Gasteiger partial charge on any atom is 0.338 e. The van der Waals surface area contributed by atoms with Gasteiger partial charge >= 0.3 is 5.97 Å². The van der Waals surface area contributed by atoms with Crippen LogP contribution < -0.4 is 9.80 Å². The van der Waals surface area contributed by atoms with Gasteiger partial charge < -0.3 is 19.4 Å². The van der Waals surface area contributed by atoms with E-state index in [0.29, 0.717) is 16.4 Å². The molecule has 2 saturated heterocycles. The van der Waals surface area contributed by atoms with Crippen molar-refractivity contribution in [2.45, 2.75) is 51.7 Å². The third-order valence-corrected chi connectivity index (χ3v) is 9.05. The van der Waals surface area contributed by atoms with Gasteiger partial charge in [-0.1, -0.05) is 12.8 Å². The van der Waals surface area contributed by atoms with Crippen molar-refractivity contribution >= 4 is 46.5 Å². The minimum Gasteiger partial charge on any atom is -0.457 e. The van der Waals surface area contributed by atoms with Crippen molar-refractivity contribution in [2.24, 2.45) is 0 Å². The van der Waals surface area contributed by atoms with Crippen LogP contribution in [0.5, 0.6) is 0 Å². The Bertz CT molecular complexity index is 1350. The summed E-state index contributed by atoms with van der Waals surface area (Å²) in [6.45, 7) is 9.14. The second-order valence-corrected chi connectivity index (χ2v) is 12.4. The molecule has 0 aliphatic carbocycles. The molecule has 0 saturated carbocycles. The van der Waals surface area contributed by atoms with Crippen molar-refractivity contribution in [3.05, 3.63) is 59.2 Å². The molecule has 0 unspecified atom stereocenters. The van der Waals surface area contributed by atoms with Gasteiger partial charge in [-0.3, -0.25) is 19.4 Å². The average molecular weight is 592 g/mol. The van der Waals surface area contributed by atoms with E-state index in [0.717, 1.165) is 81.8 Å². The standard InChI is InChI=1S/C32H41N5O4S/c1-32(2)30(40)37(26-13-14-27-24(21-26)22-41-29(27)39)31(42)36(32)16-8-6-5-7-15-34-17-19-35(20-18-34)28(38)23-9-11-25(12-10-23)33(3)4/h9-14,21H,5-8,15-20,22H2,1-4H3. The van der Waals surface area contributed by atoms with Crippen LogP contribution in [-0.4, -0.2) is 96.5 Å². The van der Waals surface area contributed by atoms with Crippen LogP contribution in [0.1, 0.15) is 65.8 Å². The molecular formula is C32H41N5O4S. The number of nitrogens with zero attached hydrogens (tertiary/aromatic N) is 5. The Hall–Kier alpha value is -3.50. The number of unbranched alkanes of at least 4 members (excludes halogenated alkanes) is 3. The molecule has 3 aliphatic heterocycles. The first-order valence-electron chi connectivity index (χ1n) is 14.8. The molecule has 42 heavy (non-hydrogen) atoms. The van der Waals surface area contributed by atoms with Gasteiger partial charge in [-0.15, -0.1) is 0 Å². The largest absolute Gasteiger partial charge is 0.457 e. The molecule has 0 N–H and O–H groups in total. The fourth-order valence-electron chi connectivity index (χ4n) is 5.92. The summed E-state index contributed by atoms with van der Waals surface area (Å²) < 4.78 is 5.12. The number of fused-ring (bicyclic) bond motifs is 1. The van der Waals surface area contributed by atoms with Crippen LogP contribution in [0.25, 0.3) is 0 Å². The lowest BCUT2D eigenvalue weighted by Gasteiger charge is -2.35. The zero-order chi connectivity index (χ0) is 30.0. The number of thiocarbonyl (C=S) groups is 1. The molecule has 0 aromatic heterocycles. The molecule has 0 atom stereocenters. The SMILES string of the molecule is CN(C)c1ccc(C(=O)N2CCN(CCCCCCN3C(=S)N(c4ccc5c(c4)COC5=O)C(=O)C3(C)C)CC2)cc1. The Balaban J connectivity index is 1.03. The van der Waals surface area contributed by atoms with Gasteiger partial charge in [-0.05, 0) is 87.9 Å².